The summed E-state index contributed by atoms with van der Waals surface area (Å²) < 4.78 is 0.746. The molecule has 108 valence electrons. The highest BCUT2D eigenvalue weighted by atomic mass is 79.9. The van der Waals surface area contributed by atoms with Gasteiger partial charge in [-0.2, -0.15) is 0 Å². The number of carbonyl (C=O) groups excluding carboxylic acids is 1. The lowest BCUT2D eigenvalue weighted by Gasteiger charge is -2.29. The van der Waals surface area contributed by atoms with Gasteiger partial charge in [0.2, 0.25) is 0 Å². The molecule has 0 saturated carbocycles. The predicted molar refractivity (Wildman–Crippen MR) is 86.2 cm³/mol. The van der Waals surface area contributed by atoms with Gasteiger partial charge in [0.15, 0.2) is 5.82 Å². The Hall–Kier alpha value is -1.92. The first-order valence-electron chi connectivity index (χ1n) is 6.72. The first-order chi connectivity index (χ1) is 10.2. The number of fused-ring (bicyclic) bond motifs is 1. The molecule has 0 aliphatic carbocycles. The maximum atomic E-state index is 12.9. The maximum Gasteiger partial charge on any atom is 0.262 e. The van der Waals surface area contributed by atoms with Crippen molar-refractivity contribution >= 4 is 33.3 Å². The topological polar surface area (TPSA) is 71.2 Å². The van der Waals surface area contributed by atoms with E-state index in [9.17, 15) is 4.79 Å². The van der Waals surface area contributed by atoms with Gasteiger partial charge in [0, 0.05) is 22.9 Å². The van der Waals surface area contributed by atoms with Gasteiger partial charge in [0.05, 0.1) is 5.56 Å². The fraction of sp³-hybridized carbons (Fsp3) is 0.200. The number of hydrogen-bond acceptors (Lipinski definition) is 4. The molecule has 21 heavy (non-hydrogen) atoms. The van der Waals surface area contributed by atoms with E-state index in [0.29, 0.717) is 17.9 Å². The first kappa shape index (κ1) is 14.0. The van der Waals surface area contributed by atoms with Crippen LogP contribution in [-0.2, 0) is 6.42 Å². The molecule has 2 heterocycles. The van der Waals surface area contributed by atoms with Gasteiger partial charge in [-0.3, -0.25) is 4.79 Å². The molecule has 1 aromatic carbocycles. The lowest BCUT2D eigenvalue weighted by atomic mass is 10.0. The molecule has 0 bridgehead atoms. The minimum absolute atomic E-state index is 0.0936. The van der Waals surface area contributed by atoms with Crippen molar-refractivity contribution in [1.29, 1.82) is 0 Å². The Labute approximate surface area is 131 Å². The highest BCUT2D eigenvalue weighted by Gasteiger charge is 2.25. The fourth-order valence-corrected chi connectivity index (χ4v) is 2.94. The number of hydrogen-bond donors (Lipinski definition) is 2. The highest BCUT2D eigenvalue weighted by Crippen LogP contribution is 2.29. The molecule has 3 rings (SSSR count). The van der Waals surface area contributed by atoms with Crippen molar-refractivity contribution < 1.29 is 4.79 Å². The third-order valence-electron chi connectivity index (χ3n) is 3.58. The number of hydrazine groups is 1. The first-order valence-corrected chi connectivity index (χ1v) is 7.52. The van der Waals surface area contributed by atoms with E-state index in [-0.39, 0.29) is 5.91 Å². The summed E-state index contributed by atoms with van der Waals surface area (Å²) in [6.07, 6.45) is 3.56. The molecular formula is C15H15BrN4O. The third kappa shape index (κ3) is 2.64. The highest BCUT2D eigenvalue weighted by molar-refractivity contribution is 9.10. The molecule has 0 fully saturated rings. The predicted octanol–water partition coefficient (Wildman–Crippen LogP) is 2.72. The minimum atomic E-state index is -0.0936. The second kappa shape index (κ2) is 5.83. The largest absolute Gasteiger partial charge is 0.308 e. The molecule has 0 atom stereocenters. The van der Waals surface area contributed by atoms with Gasteiger partial charge in [0.25, 0.3) is 5.91 Å². The van der Waals surface area contributed by atoms with Crippen molar-refractivity contribution in [2.24, 2.45) is 5.84 Å². The number of anilines is 2. The van der Waals surface area contributed by atoms with Crippen LogP contribution in [0.15, 0.2) is 41.0 Å². The van der Waals surface area contributed by atoms with Crippen LogP contribution in [0.25, 0.3) is 0 Å². The van der Waals surface area contributed by atoms with E-state index < -0.39 is 0 Å². The van der Waals surface area contributed by atoms with Crippen molar-refractivity contribution in [1.82, 2.24) is 4.98 Å². The molecule has 5 nitrogen and oxygen atoms in total. The number of nitrogens with zero attached hydrogens (tertiary/aromatic N) is 2. The summed E-state index contributed by atoms with van der Waals surface area (Å²) in [7, 11) is 0. The molecule has 0 spiro atoms. The van der Waals surface area contributed by atoms with Crippen LogP contribution in [-0.4, -0.2) is 17.4 Å². The molecule has 1 aromatic heterocycles. The third-order valence-corrected chi connectivity index (χ3v) is 4.01. The lowest BCUT2D eigenvalue weighted by molar-refractivity contribution is 0.0985. The van der Waals surface area contributed by atoms with Crippen LogP contribution in [0.5, 0.6) is 0 Å². The van der Waals surface area contributed by atoms with Gasteiger partial charge in [-0.25, -0.2) is 10.8 Å². The smallest absolute Gasteiger partial charge is 0.262 e. The van der Waals surface area contributed by atoms with E-state index in [1.54, 1.807) is 17.2 Å². The summed E-state index contributed by atoms with van der Waals surface area (Å²) >= 11 is 3.35. The number of para-hydroxylation sites is 1. The van der Waals surface area contributed by atoms with Crippen LogP contribution in [0.4, 0.5) is 11.5 Å². The number of rotatable bonds is 2. The second-order valence-electron chi connectivity index (χ2n) is 4.88. The Kier molecular flexibility index (Phi) is 3.90. The zero-order valence-corrected chi connectivity index (χ0v) is 12.9. The van der Waals surface area contributed by atoms with Gasteiger partial charge in [-0.1, -0.05) is 18.2 Å². The summed E-state index contributed by atoms with van der Waals surface area (Å²) in [4.78, 5) is 18.8. The van der Waals surface area contributed by atoms with E-state index in [2.05, 4.69) is 32.4 Å². The monoisotopic (exact) mass is 346 g/mol. The fourth-order valence-electron chi connectivity index (χ4n) is 2.61. The summed E-state index contributed by atoms with van der Waals surface area (Å²) in [6.45, 7) is 0.701. The van der Waals surface area contributed by atoms with Crippen molar-refractivity contribution in [3.05, 3.63) is 52.1 Å². The molecule has 0 radical (unpaired) electrons. The summed E-state index contributed by atoms with van der Waals surface area (Å²) in [5.74, 6) is 5.75. The normalized spacial score (nSPS) is 13.7. The number of halogens is 1. The molecule has 0 unspecified atom stereocenters. The van der Waals surface area contributed by atoms with Crippen LogP contribution in [0, 0.1) is 0 Å². The molecular weight excluding hydrogens is 332 g/mol. The van der Waals surface area contributed by atoms with Crippen LogP contribution >= 0.6 is 15.9 Å². The Morgan fingerprint density at radius 2 is 2.19 bits per heavy atom. The molecule has 1 amide bonds. The van der Waals surface area contributed by atoms with E-state index in [1.807, 2.05) is 18.2 Å². The Bertz CT molecular complexity index is 689. The van der Waals surface area contributed by atoms with E-state index in [1.165, 1.54) is 5.56 Å². The molecule has 0 saturated heterocycles. The molecule has 1 aliphatic heterocycles. The van der Waals surface area contributed by atoms with Crippen LogP contribution in [0.2, 0.25) is 0 Å². The maximum absolute atomic E-state index is 12.9. The van der Waals surface area contributed by atoms with Gasteiger partial charge < -0.3 is 10.3 Å². The van der Waals surface area contributed by atoms with Gasteiger partial charge >= 0.3 is 0 Å². The second-order valence-corrected chi connectivity index (χ2v) is 5.80. The van der Waals surface area contributed by atoms with Crippen molar-refractivity contribution in [3.63, 3.8) is 0 Å². The van der Waals surface area contributed by atoms with Gasteiger partial charge in [-0.15, -0.1) is 0 Å². The van der Waals surface area contributed by atoms with Crippen LogP contribution in [0.1, 0.15) is 22.3 Å². The molecule has 6 heteroatoms. The van der Waals surface area contributed by atoms with Gasteiger partial charge in [0.1, 0.15) is 0 Å². The number of nitrogen functional groups attached to an aromatic ring is 1. The number of benzene rings is 1. The molecule has 1 aliphatic rings. The minimum Gasteiger partial charge on any atom is -0.308 e. The van der Waals surface area contributed by atoms with Gasteiger partial charge in [-0.05, 0) is 46.5 Å². The number of pyridine rings is 1. The average Bonchev–Trinajstić information content (AvgIpc) is 2.53. The van der Waals surface area contributed by atoms with Crippen LogP contribution in [0.3, 0.4) is 0 Å². The zero-order chi connectivity index (χ0) is 14.8. The Morgan fingerprint density at radius 3 is 3.00 bits per heavy atom. The number of nitrogens with one attached hydrogen (secondary N) is 1. The molecule has 2 aromatic rings. The Morgan fingerprint density at radius 1 is 1.38 bits per heavy atom. The Balaban J connectivity index is 2.02. The van der Waals surface area contributed by atoms with Crippen LogP contribution < -0.4 is 16.2 Å². The lowest BCUT2D eigenvalue weighted by Crippen LogP contribution is -2.36. The van der Waals surface area contributed by atoms with E-state index >= 15 is 0 Å². The van der Waals surface area contributed by atoms with Crippen molar-refractivity contribution in [2.45, 2.75) is 12.8 Å². The molecule has 3 N–H and O–H groups in total. The number of aryl methyl sites for hydroxylation is 1. The standard InChI is InChI=1S/C15H15BrN4O/c16-11-8-12(14(19-17)18-9-11)15(21)20-7-3-5-10-4-1-2-6-13(10)20/h1-2,4,6,8-9H,3,5,7,17H2,(H,18,19). The number of nitrogens with two attached hydrogens (primary N) is 1. The number of aromatic nitrogens is 1. The number of amides is 1. The SMILES string of the molecule is NNc1ncc(Br)cc1C(=O)N1CCCc2ccccc21. The van der Waals surface area contributed by atoms with E-state index in [4.69, 9.17) is 5.84 Å². The average molecular weight is 347 g/mol. The summed E-state index contributed by atoms with van der Waals surface area (Å²) in [5, 5.41) is 0. The van der Waals surface area contributed by atoms with E-state index in [0.717, 1.165) is 23.0 Å². The summed E-state index contributed by atoms with van der Waals surface area (Å²) in [5.41, 5.74) is 5.11. The van der Waals surface area contributed by atoms with Crippen molar-refractivity contribution in [2.75, 3.05) is 16.9 Å². The quantitative estimate of drug-likeness (QED) is 0.647. The van der Waals surface area contributed by atoms with Crippen molar-refractivity contribution in [3.8, 4) is 0 Å². The summed E-state index contributed by atoms with van der Waals surface area (Å²) in [6, 6.07) is 9.73. The zero-order valence-electron chi connectivity index (χ0n) is 11.3. The number of carbonyl (C=O) groups is 1.